The lowest BCUT2D eigenvalue weighted by Crippen LogP contribution is -2.18. The summed E-state index contributed by atoms with van der Waals surface area (Å²) in [7, 11) is 0. The Hall–Kier alpha value is -2.23. The number of hydrogen-bond acceptors (Lipinski definition) is 7. The van der Waals surface area contributed by atoms with Gasteiger partial charge in [0, 0.05) is 18.4 Å². The predicted molar refractivity (Wildman–Crippen MR) is 135 cm³/mol. The van der Waals surface area contributed by atoms with Gasteiger partial charge in [0.05, 0.1) is 36.0 Å². The molecule has 0 saturated carbocycles. The summed E-state index contributed by atoms with van der Waals surface area (Å²) in [4.78, 5) is 26.2. The van der Waals surface area contributed by atoms with E-state index in [1.165, 1.54) is 11.3 Å². The normalized spacial score (nSPS) is 11.6. The molecule has 0 aliphatic heterocycles. The summed E-state index contributed by atoms with van der Waals surface area (Å²) >= 11 is 14.5. The second kappa shape index (κ2) is 11.8. The second-order valence-electron chi connectivity index (χ2n) is 7.22. The molecule has 0 fully saturated rings. The van der Waals surface area contributed by atoms with Gasteiger partial charge in [0.2, 0.25) is 0 Å². The molecule has 0 atom stereocenters. The van der Waals surface area contributed by atoms with Gasteiger partial charge in [-0.3, -0.25) is 9.59 Å². The van der Waals surface area contributed by atoms with Crippen LogP contribution in [0.15, 0.2) is 40.8 Å². The third-order valence-electron chi connectivity index (χ3n) is 4.83. The molecule has 0 radical (unpaired) electrons. The molecule has 1 aromatic carbocycles. The summed E-state index contributed by atoms with van der Waals surface area (Å²) in [5.74, 6) is -0.410. The first kappa shape index (κ1) is 25.4. The molecule has 0 aliphatic carbocycles. The Morgan fingerprint density at radius 1 is 1.06 bits per heavy atom. The number of carbonyl (C=O) groups excluding carboxylic acids is 2. The van der Waals surface area contributed by atoms with E-state index in [0.717, 1.165) is 23.3 Å². The number of aromatic hydroxyl groups is 1. The molecule has 3 rings (SSSR count). The highest BCUT2D eigenvalue weighted by Crippen LogP contribution is 2.40. The van der Waals surface area contributed by atoms with Gasteiger partial charge in [0.15, 0.2) is 5.78 Å². The van der Waals surface area contributed by atoms with Gasteiger partial charge in [0.1, 0.15) is 5.75 Å². The summed E-state index contributed by atoms with van der Waals surface area (Å²) in [5.41, 5.74) is 4.12. The van der Waals surface area contributed by atoms with E-state index in [4.69, 9.17) is 28.3 Å². The zero-order valence-electron chi connectivity index (χ0n) is 17.7. The molecule has 0 spiro atoms. The summed E-state index contributed by atoms with van der Waals surface area (Å²) in [6.07, 6.45) is 2.56. The zero-order chi connectivity index (χ0) is 24.0. The molecule has 3 aromatic rings. The predicted octanol–water partition coefficient (Wildman–Crippen LogP) is 6.38. The fourth-order valence-corrected chi connectivity index (χ4v) is 5.17. The number of hydrogen-bond donors (Lipinski definition) is 3. The first-order valence-electron chi connectivity index (χ1n) is 10.2. The van der Waals surface area contributed by atoms with Crippen molar-refractivity contribution < 1.29 is 19.8 Å². The quantitative estimate of drug-likeness (QED) is 0.124. The van der Waals surface area contributed by atoms with E-state index in [1.54, 1.807) is 42.6 Å². The Balaban J connectivity index is 1.65. The minimum Gasteiger partial charge on any atom is -0.506 e. The average Bonchev–Trinajstić information content (AvgIpc) is 3.44. The van der Waals surface area contributed by atoms with Crippen molar-refractivity contribution in [1.82, 2.24) is 5.43 Å². The van der Waals surface area contributed by atoms with Gasteiger partial charge in [0.25, 0.3) is 5.91 Å². The van der Waals surface area contributed by atoms with E-state index in [1.807, 2.05) is 0 Å². The zero-order valence-corrected chi connectivity index (χ0v) is 20.9. The van der Waals surface area contributed by atoms with Crippen LogP contribution in [0.3, 0.4) is 0 Å². The monoisotopic (exact) mass is 524 g/mol. The number of unbranched alkanes of at least 4 members (excludes halogenated alkanes) is 2. The molecular weight excluding hydrogens is 503 g/mol. The molecule has 174 valence electrons. The average molecular weight is 525 g/mol. The Bertz CT molecular complexity index is 1190. The second-order valence-corrected chi connectivity index (χ2v) is 9.99. The Kier molecular flexibility index (Phi) is 9.05. The van der Waals surface area contributed by atoms with E-state index in [0.29, 0.717) is 55.2 Å². The highest BCUT2D eigenvalue weighted by Gasteiger charge is 2.17. The Labute approximate surface area is 209 Å². The van der Waals surface area contributed by atoms with E-state index in [2.05, 4.69) is 10.5 Å². The van der Waals surface area contributed by atoms with Crippen LogP contribution in [0.5, 0.6) is 5.75 Å². The third kappa shape index (κ3) is 6.43. The van der Waals surface area contributed by atoms with Crippen LogP contribution in [0.2, 0.25) is 10.0 Å². The van der Waals surface area contributed by atoms with Crippen molar-refractivity contribution in [3.8, 4) is 16.2 Å². The Morgan fingerprint density at radius 2 is 1.82 bits per heavy atom. The number of halogens is 2. The lowest BCUT2D eigenvalue weighted by Gasteiger charge is -2.04. The number of rotatable bonds is 10. The van der Waals surface area contributed by atoms with Crippen LogP contribution >= 0.6 is 45.9 Å². The molecule has 33 heavy (non-hydrogen) atoms. The van der Waals surface area contributed by atoms with Crippen molar-refractivity contribution >= 4 is 63.3 Å². The molecule has 2 heterocycles. The summed E-state index contributed by atoms with van der Waals surface area (Å²) < 4.78 is 0. The molecule has 0 unspecified atom stereocenters. The largest absolute Gasteiger partial charge is 0.506 e. The summed E-state index contributed by atoms with van der Waals surface area (Å²) in [5, 5.41) is 26.1. The number of carbonyl (C=O) groups is 2. The number of nitrogens with zero attached hydrogens (tertiary/aromatic N) is 1. The first-order valence-corrected chi connectivity index (χ1v) is 12.6. The smallest absolute Gasteiger partial charge is 0.281 e. The molecule has 1 amide bonds. The maximum atomic E-state index is 12.5. The Morgan fingerprint density at radius 3 is 2.55 bits per heavy atom. The molecular formula is C23H22Cl2N2O4S2. The molecule has 0 bridgehead atoms. The van der Waals surface area contributed by atoms with Gasteiger partial charge in [-0.25, -0.2) is 5.43 Å². The molecule has 3 N–H and O–H groups in total. The summed E-state index contributed by atoms with van der Waals surface area (Å²) in [6, 6.07) is 8.33. The van der Waals surface area contributed by atoms with Crippen LogP contribution < -0.4 is 5.43 Å². The number of amides is 1. The molecule has 0 aliphatic rings. The van der Waals surface area contributed by atoms with Crippen LogP contribution in [0.4, 0.5) is 0 Å². The van der Waals surface area contributed by atoms with E-state index < -0.39 is 5.91 Å². The van der Waals surface area contributed by atoms with Gasteiger partial charge >= 0.3 is 0 Å². The van der Waals surface area contributed by atoms with E-state index in [9.17, 15) is 14.7 Å². The van der Waals surface area contributed by atoms with Crippen LogP contribution in [0, 0.1) is 0 Å². The van der Waals surface area contributed by atoms with Crippen molar-refractivity contribution in [3.05, 3.63) is 61.1 Å². The lowest BCUT2D eigenvalue weighted by atomic mass is 10.1. The van der Waals surface area contributed by atoms with Gasteiger partial charge in [-0.15, -0.1) is 22.7 Å². The number of ketones is 1. The topological polar surface area (TPSA) is 99.0 Å². The summed E-state index contributed by atoms with van der Waals surface area (Å²) in [6.45, 7) is 1.80. The SMILES string of the molecule is C/C(=N\NC(=O)c1ccc(C(=O)CCCCCO)s1)c1csc(-c2ccc(Cl)c(Cl)c2)c1O. The number of nitrogens with one attached hydrogen (secondary N) is 1. The van der Waals surface area contributed by atoms with Crippen molar-refractivity contribution in [2.45, 2.75) is 32.6 Å². The van der Waals surface area contributed by atoms with Crippen LogP contribution in [0.1, 0.15) is 57.5 Å². The fraction of sp³-hybridized carbons (Fsp3) is 0.261. The highest BCUT2D eigenvalue weighted by atomic mass is 35.5. The van der Waals surface area contributed by atoms with Crippen molar-refractivity contribution in [2.75, 3.05) is 6.61 Å². The molecule has 10 heteroatoms. The van der Waals surface area contributed by atoms with Crippen molar-refractivity contribution in [2.24, 2.45) is 5.10 Å². The maximum absolute atomic E-state index is 12.5. The van der Waals surface area contributed by atoms with Crippen LogP contribution in [0.25, 0.3) is 10.4 Å². The minimum atomic E-state index is -0.432. The maximum Gasteiger partial charge on any atom is 0.281 e. The number of hydrazone groups is 1. The van der Waals surface area contributed by atoms with E-state index in [-0.39, 0.29) is 18.1 Å². The van der Waals surface area contributed by atoms with Gasteiger partial charge in [-0.1, -0.05) is 35.7 Å². The number of benzene rings is 1. The first-order chi connectivity index (χ1) is 15.8. The minimum absolute atomic E-state index is 0.0188. The molecule has 2 aromatic heterocycles. The van der Waals surface area contributed by atoms with Gasteiger partial charge in [-0.2, -0.15) is 5.10 Å². The van der Waals surface area contributed by atoms with Gasteiger partial charge < -0.3 is 10.2 Å². The lowest BCUT2D eigenvalue weighted by molar-refractivity contribution is 0.0957. The molecule has 0 saturated heterocycles. The van der Waals surface area contributed by atoms with E-state index >= 15 is 0 Å². The number of aliphatic hydroxyl groups excluding tert-OH is 1. The molecule has 6 nitrogen and oxygen atoms in total. The highest BCUT2D eigenvalue weighted by molar-refractivity contribution is 7.16. The number of thiophene rings is 2. The third-order valence-corrected chi connectivity index (χ3v) is 7.71. The number of aliphatic hydroxyl groups is 1. The van der Waals surface area contributed by atoms with Gasteiger partial charge in [-0.05, 0) is 49.6 Å². The van der Waals surface area contributed by atoms with Crippen molar-refractivity contribution in [1.29, 1.82) is 0 Å². The standard InChI is InChI=1S/C23H22Cl2N2O4S2/c1-13(15-12-32-22(21(15)30)14-6-7-16(24)17(25)11-14)26-27-23(31)20-9-8-19(33-20)18(29)5-3-2-4-10-28/h6-9,11-12,28,30H,2-5,10H2,1H3,(H,27,31)/b26-13+. The fourth-order valence-electron chi connectivity index (χ4n) is 3.01. The number of Topliss-reactive ketones (excluding diaryl/α,β-unsaturated/α-hetero) is 1. The van der Waals surface area contributed by atoms with Crippen LogP contribution in [-0.4, -0.2) is 34.2 Å². The van der Waals surface area contributed by atoms with Crippen LogP contribution in [-0.2, 0) is 0 Å². The van der Waals surface area contributed by atoms with Crippen molar-refractivity contribution in [3.63, 3.8) is 0 Å².